The van der Waals surface area contributed by atoms with Crippen LogP contribution < -0.4 is 0 Å². The summed E-state index contributed by atoms with van der Waals surface area (Å²) >= 11 is 0. The average molecular weight is 475 g/mol. The minimum Gasteiger partial charge on any atom is -0.451 e. The molecule has 1 aliphatic heterocycles. The van der Waals surface area contributed by atoms with E-state index in [1.165, 1.54) is 0 Å². The van der Waals surface area contributed by atoms with Gasteiger partial charge in [-0.3, -0.25) is 0 Å². The second kappa shape index (κ2) is 10.5. The topological polar surface area (TPSA) is 88.1 Å². The molecule has 3 aromatic carbocycles. The smallest absolute Gasteiger partial charge is 0.340 e. The molecule has 0 radical (unpaired) electrons. The van der Waals surface area contributed by atoms with E-state index in [1.807, 2.05) is 6.92 Å². The van der Waals surface area contributed by atoms with Gasteiger partial charge in [-0.1, -0.05) is 61.5 Å². The molecule has 1 aliphatic rings. The second-order valence-corrected chi connectivity index (χ2v) is 8.32. The molecule has 0 spiro atoms. The van der Waals surface area contributed by atoms with Crippen LogP contribution in [0.4, 0.5) is 0 Å². The molecule has 180 valence electrons. The number of carbonyl (C=O) groups is 3. The van der Waals surface area contributed by atoms with E-state index < -0.39 is 42.0 Å². The molecule has 0 aliphatic carbocycles. The molecule has 0 saturated carbocycles. The first-order valence-corrected chi connectivity index (χ1v) is 11.4. The molecule has 7 heteroatoms. The van der Waals surface area contributed by atoms with Crippen LogP contribution in [-0.2, 0) is 18.9 Å². The molecule has 0 bridgehead atoms. The van der Waals surface area contributed by atoms with Gasteiger partial charge in [-0.25, -0.2) is 14.4 Å². The summed E-state index contributed by atoms with van der Waals surface area (Å²) in [4.78, 5) is 38.8. The van der Waals surface area contributed by atoms with Crippen LogP contribution in [0.25, 0.3) is 0 Å². The molecule has 0 amide bonds. The fourth-order valence-corrected chi connectivity index (χ4v) is 3.95. The molecule has 1 heterocycles. The van der Waals surface area contributed by atoms with Crippen LogP contribution in [0.2, 0.25) is 0 Å². The first-order chi connectivity index (χ1) is 16.9. The SMILES string of the molecule is CC[C@H]1O[C@@H](OC(=O)c2ccccc2)[C@](C)(OC(=O)c2ccccc2)[C@H]1OC(=O)c1ccccc1. The maximum atomic E-state index is 13.0. The van der Waals surface area contributed by atoms with Gasteiger partial charge in [0, 0.05) is 0 Å². The Balaban J connectivity index is 1.65. The number of carbonyl (C=O) groups excluding carboxylic acids is 3. The highest BCUT2D eigenvalue weighted by molar-refractivity contribution is 5.91. The van der Waals surface area contributed by atoms with Crippen molar-refractivity contribution in [1.82, 2.24) is 0 Å². The van der Waals surface area contributed by atoms with Gasteiger partial charge in [-0.15, -0.1) is 0 Å². The zero-order valence-corrected chi connectivity index (χ0v) is 19.5. The Bertz CT molecular complexity index is 1160. The molecule has 7 nitrogen and oxygen atoms in total. The monoisotopic (exact) mass is 474 g/mol. The van der Waals surface area contributed by atoms with Crippen LogP contribution in [0.5, 0.6) is 0 Å². The fourth-order valence-electron chi connectivity index (χ4n) is 3.95. The summed E-state index contributed by atoms with van der Waals surface area (Å²) in [6.07, 6.45) is -2.59. The minimum absolute atomic E-state index is 0.301. The Morgan fingerprint density at radius 1 is 0.714 bits per heavy atom. The maximum absolute atomic E-state index is 13.0. The van der Waals surface area contributed by atoms with Crippen molar-refractivity contribution in [2.45, 2.75) is 44.4 Å². The molecule has 0 aromatic heterocycles. The number of ether oxygens (including phenoxy) is 4. The summed E-state index contributed by atoms with van der Waals surface area (Å²) in [5.74, 6) is -1.91. The molecular formula is C28H26O7. The van der Waals surface area contributed by atoms with E-state index in [4.69, 9.17) is 18.9 Å². The maximum Gasteiger partial charge on any atom is 0.340 e. The zero-order chi connectivity index (χ0) is 24.8. The number of hydrogen-bond donors (Lipinski definition) is 0. The van der Waals surface area contributed by atoms with Crippen LogP contribution in [-0.4, -0.2) is 42.0 Å². The first kappa shape index (κ1) is 24.2. The number of esters is 3. The third kappa shape index (κ3) is 5.25. The Morgan fingerprint density at radius 2 is 1.14 bits per heavy atom. The lowest BCUT2D eigenvalue weighted by Gasteiger charge is -2.33. The summed E-state index contributed by atoms with van der Waals surface area (Å²) in [6, 6.07) is 25.3. The van der Waals surface area contributed by atoms with Crippen molar-refractivity contribution in [1.29, 1.82) is 0 Å². The summed E-state index contributed by atoms with van der Waals surface area (Å²) < 4.78 is 23.4. The van der Waals surface area contributed by atoms with Crippen molar-refractivity contribution < 1.29 is 33.3 Å². The highest BCUT2D eigenvalue weighted by atomic mass is 16.8. The summed E-state index contributed by atoms with van der Waals surface area (Å²) in [5.41, 5.74) is -0.660. The van der Waals surface area contributed by atoms with E-state index >= 15 is 0 Å². The zero-order valence-electron chi connectivity index (χ0n) is 19.5. The van der Waals surface area contributed by atoms with E-state index in [9.17, 15) is 14.4 Å². The van der Waals surface area contributed by atoms with E-state index in [2.05, 4.69) is 0 Å². The lowest BCUT2D eigenvalue weighted by Crippen LogP contribution is -2.52. The molecule has 0 N–H and O–H groups in total. The Hall–Kier alpha value is -3.97. The third-order valence-corrected chi connectivity index (χ3v) is 5.86. The molecule has 4 atom stereocenters. The van der Waals surface area contributed by atoms with Crippen LogP contribution in [0.15, 0.2) is 91.0 Å². The lowest BCUT2D eigenvalue weighted by molar-refractivity contribution is -0.173. The predicted octanol–water partition coefficient (Wildman–Crippen LogP) is 4.82. The van der Waals surface area contributed by atoms with Crippen molar-refractivity contribution in [3.8, 4) is 0 Å². The molecule has 1 saturated heterocycles. The van der Waals surface area contributed by atoms with Crippen LogP contribution in [0.1, 0.15) is 51.3 Å². The van der Waals surface area contributed by atoms with Gasteiger partial charge in [0.1, 0.15) is 6.10 Å². The lowest BCUT2D eigenvalue weighted by atomic mass is 9.95. The molecule has 35 heavy (non-hydrogen) atoms. The highest BCUT2D eigenvalue weighted by Crippen LogP contribution is 2.40. The molecule has 3 aromatic rings. The van der Waals surface area contributed by atoms with Gasteiger partial charge in [0.2, 0.25) is 11.9 Å². The van der Waals surface area contributed by atoms with Gasteiger partial charge in [-0.05, 0) is 49.7 Å². The minimum atomic E-state index is -1.61. The van der Waals surface area contributed by atoms with Crippen molar-refractivity contribution in [3.63, 3.8) is 0 Å². The van der Waals surface area contributed by atoms with Gasteiger partial charge in [-0.2, -0.15) is 0 Å². The second-order valence-electron chi connectivity index (χ2n) is 8.32. The quantitative estimate of drug-likeness (QED) is 0.358. The van der Waals surface area contributed by atoms with Gasteiger partial charge < -0.3 is 18.9 Å². The Labute approximate surface area is 203 Å². The van der Waals surface area contributed by atoms with Gasteiger partial charge in [0.05, 0.1) is 16.7 Å². The molecule has 0 unspecified atom stereocenters. The average Bonchev–Trinajstić information content (AvgIpc) is 3.15. The third-order valence-electron chi connectivity index (χ3n) is 5.86. The Morgan fingerprint density at radius 3 is 1.60 bits per heavy atom. The van der Waals surface area contributed by atoms with Crippen molar-refractivity contribution in [2.75, 3.05) is 0 Å². The van der Waals surface area contributed by atoms with E-state index in [0.29, 0.717) is 23.1 Å². The number of rotatable bonds is 7. The van der Waals surface area contributed by atoms with Crippen LogP contribution >= 0.6 is 0 Å². The van der Waals surface area contributed by atoms with Crippen molar-refractivity contribution >= 4 is 17.9 Å². The Kier molecular flexibility index (Phi) is 7.27. The largest absolute Gasteiger partial charge is 0.451 e. The van der Waals surface area contributed by atoms with Gasteiger partial charge in [0.15, 0.2) is 6.10 Å². The predicted molar refractivity (Wildman–Crippen MR) is 127 cm³/mol. The van der Waals surface area contributed by atoms with Crippen LogP contribution in [0.3, 0.4) is 0 Å². The fraction of sp³-hybridized carbons (Fsp3) is 0.250. The van der Waals surface area contributed by atoms with Crippen molar-refractivity contribution in [2.24, 2.45) is 0 Å². The molecule has 1 fully saturated rings. The summed E-state index contributed by atoms with van der Waals surface area (Å²) in [5, 5.41) is 0. The first-order valence-electron chi connectivity index (χ1n) is 11.4. The standard InChI is InChI=1S/C28H26O7/c1-3-22-23(33-24(29)19-13-7-4-8-14-19)28(2,35-26(31)21-17-11-6-12-18-21)27(32-22)34-25(30)20-15-9-5-10-16-20/h4-18,22-23,27H,3H2,1-2H3/t22-,23+,27+,28-/m1/s1. The molecular weight excluding hydrogens is 448 g/mol. The van der Waals surface area contributed by atoms with E-state index in [1.54, 1.807) is 97.9 Å². The highest BCUT2D eigenvalue weighted by Gasteiger charge is 2.60. The summed E-state index contributed by atoms with van der Waals surface area (Å²) in [7, 11) is 0. The number of benzene rings is 3. The number of hydrogen-bond acceptors (Lipinski definition) is 7. The summed E-state index contributed by atoms with van der Waals surface area (Å²) in [6.45, 7) is 3.39. The van der Waals surface area contributed by atoms with Gasteiger partial charge >= 0.3 is 17.9 Å². The molecule has 4 rings (SSSR count). The van der Waals surface area contributed by atoms with Crippen LogP contribution in [0, 0.1) is 0 Å². The van der Waals surface area contributed by atoms with Crippen molar-refractivity contribution in [3.05, 3.63) is 108 Å². The van der Waals surface area contributed by atoms with E-state index in [-0.39, 0.29) is 0 Å². The van der Waals surface area contributed by atoms with E-state index in [0.717, 1.165) is 0 Å². The van der Waals surface area contributed by atoms with Gasteiger partial charge in [0.25, 0.3) is 0 Å². The normalized spacial score (nSPS) is 23.3.